The minimum atomic E-state index is 0.602. The maximum atomic E-state index is 9.46. The number of para-hydroxylation sites is 1. The minimum Gasteiger partial charge on any atom is -0.358 e. The molecule has 3 heteroatoms. The molecular formula is C18H13ClN2. The average molecular weight is 293 g/mol. The molecule has 0 bridgehead atoms. The van der Waals surface area contributed by atoms with E-state index in [4.69, 9.17) is 11.6 Å². The van der Waals surface area contributed by atoms with Crippen LogP contribution in [0.25, 0.3) is 22.6 Å². The van der Waals surface area contributed by atoms with Crippen molar-refractivity contribution < 1.29 is 0 Å². The summed E-state index contributed by atoms with van der Waals surface area (Å²) in [6.07, 6.45) is 1.92. The second kappa shape index (κ2) is 5.47. The zero-order chi connectivity index (χ0) is 14.8. The molecule has 0 fully saturated rings. The molecule has 3 rings (SSSR count). The molecule has 21 heavy (non-hydrogen) atoms. The maximum absolute atomic E-state index is 9.46. The first-order valence-corrected chi connectivity index (χ1v) is 7.02. The van der Waals surface area contributed by atoms with Crippen LogP contribution in [0.1, 0.15) is 16.8 Å². The van der Waals surface area contributed by atoms with Gasteiger partial charge in [-0.3, -0.25) is 0 Å². The molecule has 0 unspecified atom stereocenters. The van der Waals surface area contributed by atoms with E-state index >= 15 is 0 Å². The molecule has 0 atom stereocenters. The van der Waals surface area contributed by atoms with Gasteiger partial charge in [-0.1, -0.05) is 41.9 Å². The van der Waals surface area contributed by atoms with E-state index in [1.54, 1.807) is 12.1 Å². The summed E-state index contributed by atoms with van der Waals surface area (Å²) in [6.45, 7) is 2.01. The highest BCUT2D eigenvalue weighted by Gasteiger charge is 2.08. The lowest BCUT2D eigenvalue weighted by molar-refractivity contribution is 1.29. The van der Waals surface area contributed by atoms with Gasteiger partial charge in [0.25, 0.3) is 0 Å². The van der Waals surface area contributed by atoms with Crippen LogP contribution >= 0.6 is 11.6 Å². The number of aromatic nitrogens is 1. The van der Waals surface area contributed by atoms with Crippen molar-refractivity contribution in [2.75, 3.05) is 0 Å². The van der Waals surface area contributed by atoms with Crippen molar-refractivity contribution in [3.05, 3.63) is 70.4 Å². The van der Waals surface area contributed by atoms with Crippen LogP contribution in [-0.2, 0) is 0 Å². The van der Waals surface area contributed by atoms with E-state index in [1.165, 1.54) is 0 Å². The zero-order valence-electron chi connectivity index (χ0n) is 11.5. The van der Waals surface area contributed by atoms with Crippen LogP contribution in [0, 0.1) is 18.3 Å². The van der Waals surface area contributed by atoms with Gasteiger partial charge < -0.3 is 4.98 Å². The summed E-state index contributed by atoms with van der Waals surface area (Å²) in [5, 5.41) is 11.2. The van der Waals surface area contributed by atoms with E-state index in [-0.39, 0.29) is 0 Å². The first-order valence-electron chi connectivity index (χ1n) is 6.64. The molecule has 1 heterocycles. The highest BCUT2D eigenvalue weighted by atomic mass is 35.5. The fourth-order valence-electron chi connectivity index (χ4n) is 2.46. The fraction of sp³-hybridized carbons (Fsp3) is 0.0556. The third-order valence-corrected chi connectivity index (χ3v) is 3.72. The number of allylic oxidation sites excluding steroid dienone is 1. The highest BCUT2D eigenvalue weighted by molar-refractivity contribution is 6.30. The molecule has 0 aliphatic heterocycles. The predicted molar refractivity (Wildman–Crippen MR) is 88.0 cm³/mol. The maximum Gasteiger partial charge on any atom is 0.0998 e. The summed E-state index contributed by atoms with van der Waals surface area (Å²) in [5.74, 6) is 0. The van der Waals surface area contributed by atoms with Gasteiger partial charge in [-0.25, -0.2) is 0 Å². The number of halogens is 1. The minimum absolute atomic E-state index is 0.602. The second-order valence-corrected chi connectivity index (χ2v) is 5.33. The van der Waals surface area contributed by atoms with Crippen molar-refractivity contribution in [3.8, 4) is 6.07 Å². The normalized spacial score (nSPS) is 11.6. The van der Waals surface area contributed by atoms with Crippen LogP contribution in [0.5, 0.6) is 0 Å². The van der Waals surface area contributed by atoms with Crippen molar-refractivity contribution in [1.82, 2.24) is 4.98 Å². The average Bonchev–Trinajstić information content (AvgIpc) is 2.80. The molecule has 102 valence electrons. The second-order valence-electron chi connectivity index (χ2n) is 4.89. The monoisotopic (exact) mass is 292 g/mol. The smallest absolute Gasteiger partial charge is 0.0998 e. The van der Waals surface area contributed by atoms with E-state index in [2.05, 4.69) is 17.1 Å². The Kier molecular flexibility index (Phi) is 3.51. The highest BCUT2D eigenvalue weighted by Crippen LogP contribution is 2.27. The van der Waals surface area contributed by atoms with Crippen LogP contribution < -0.4 is 0 Å². The number of rotatable bonds is 2. The van der Waals surface area contributed by atoms with Gasteiger partial charge in [-0.2, -0.15) is 5.26 Å². The molecule has 3 aromatic rings. The summed E-state index contributed by atoms with van der Waals surface area (Å²) < 4.78 is 0. The summed E-state index contributed by atoms with van der Waals surface area (Å²) in [5.41, 5.74) is 4.60. The number of fused-ring (bicyclic) bond motifs is 1. The third-order valence-electron chi connectivity index (χ3n) is 3.49. The number of nitriles is 1. The number of nitrogens with zero attached hydrogens (tertiary/aromatic N) is 1. The number of hydrogen-bond donors (Lipinski definition) is 1. The van der Waals surface area contributed by atoms with Gasteiger partial charge in [0.2, 0.25) is 0 Å². The first kappa shape index (κ1) is 13.5. The Hall–Kier alpha value is -2.50. The first-order chi connectivity index (χ1) is 10.2. The van der Waals surface area contributed by atoms with Crippen molar-refractivity contribution in [3.63, 3.8) is 0 Å². The van der Waals surface area contributed by atoms with E-state index in [1.807, 2.05) is 43.3 Å². The Labute approximate surface area is 128 Å². The summed E-state index contributed by atoms with van der Waals surface area (Å²) in [6, 6.07) is 17.7. The predicted octanol–water partition coefficient (Wildman–Crippen LogP) is 5.19. The van der Waals surface area contributed by atoms with Gasteiger partial charge in [0.1, 0.15) is 0 Å². The molecule has 0 amide bonds. The van der Waals surface area contributed by atoms with E-state index in [0.29, 0.717) is 10.6 Å². The van der Waals surface area contributed by atoms with Gasteiger partial charge in [-0.05, 0) is 36.8 Å². The topological polar surface area (TPSA) is 39.6 Å². The van der Waals surface area contributed by atoms with Gasteiger partial charge in [0.05, 0.1) is 11.6 Å². The fourth-order valence-corrected chi connectivity index (χ4v) is 2.66. The number of aryl methyl sites for hydroxylation is 1. The number of nitrogens with one attached hydrogen (secondary N) is 1. The lowest BCUT2D eigenvalue weighted by Gasteiger charge is -2.01. The van der Waals surface area contributed by atoms with E-state index < -0.39 is 0 Å². The summed E-state index contributed by atoms with van der Waals surface area (Å²) in [7, 11) is 0. The van der Waals surface area contributed by atoms with Crippen LogP contribution in [0.4, 0.5) is 0 Å². The van der Waals surface area contributed by atoms with Gasteiger partial charge in [0, 0.05) is 27.2 Å². The lowest BCUT2D eigenvalue weighted by atomic mass is 10.0. The number of H-pyrrole nitrogens is 1. The Balaban J connectivity index is 2.18. The third kappa shape index (κ3) is 2.56. The molecule has 0 aliphatic rings. The molecule has 2 aromatic carbocycles. The molecular weight excluding hydrogens is 280 g/mol. The Morgan fingerprint density at radius 2 is 2.00 bits per heavy atom. The van der Waals surface area contributed by atoms with Crippen molar-refractivity contribution in [2.24, 2.45) is 0 Å². The molecule has 0 radical (unpaired) electrons. The largest absolute Gasteiger partial charge is 0.358 e. The SMILES string of the molecule is Cc1[nH]c2ccccc2c1/C=C(\C#N)c1cccc(Cl)c1. The van der Waals surface area contributed by atoms with Crippen LogP contribution in [-0.4, -0.2) is 4.98 Å². The zero-order valence-corrected chi connectivity index (χ0v) is 12.3. The molecule has 0 spiro atoms. The molecule has 1 aromatic heterocycles. The number of benzene rings is 2. The lowest BCUT2D eigenvalue weighted by Crippen LogP contribution is -1.83. The van der Waals surface area contributed by atoms with Crippen LogP contribution in [0.15, 0.2) is 48.5 Å². The van der Waals surface area contributed by atoms with Gasteiger partial charge in [0.15, 0.2) is 0 Å². The van der Waals surface area contributed by atoms with E-state index in [0.717, 1.165) is 27.7 Å². The van der Waals surface area contributed by atoms with Crippen LogP contribution in [0.2, 0.25) is 5.02 Å². The van der Waals surface area contributed by atoms with Crippen molar-refractivity contribution >= 4 is 34.2 Å². The molecule has 0 saturated heterocycles. The number of aromatic amines is 1. The van der Waals surface area contributed by atoms with E-state index in [9.17, 15) is 5.26 Å². The Bertz CT molecular complexity index is 882. The van der Waals surface area contributed by atoms with Crippen molar-refractivity contribution in [2.45, 2.75) is 6.92 Å². The van der Waals surface area contributed by atoms with Gasteiger partial charge >= 0.3 is 0 Å². The summed E-state index contributed by atoms with van der Waals surface area (Å²) in [4.78, 5) is 3.34. The van der Waals surface area contributed by atoms with Crippen molar-refractivity contribution in [1.29, 1.82) is 5.26 Å². The summed E-state index contributed by atoms with van der Waals surface area (Å²) >= 11 is 6.01. The molecule has 0 aliphatic carbocycles. The number of hydrogen-bond acceptors (Lipinski definition) is 1. The standard InChI is InChI=1S/C18H13ClN2/c1-12-17(16-7-2-3-8-18(16)21-12)10-14(11-20)13-5-4-6-15(19)9-13/h2-10,21H,1H3/b14-10+. The Morgan fingerprint density at radius 3 is 2.76 bits per heavy atom. The van der Waals surface area contributed by atoms with Gasteiger partial charge in [-0.15, -0.1) is 0 Å². The molecule has 2 nitrogen and oxygen atoms in total. The molecule has 1 N–H and O–H groups in total. The Morgan fingerprint density at radius 1 is 1.19 bits per heavy atom. The molecule has 0 saturated carbocycles. The van der Waals surface area contributed by atoms with Crippen LogP contribution in [0.3, 0.4) is 0 Å². The quantitative estimate of drug-likeness (QED) is 0.648.